The Morgan fingerprint density at radius 2 is 2.25 bits per heavy atom. The quantitative estimate of drug-likeness (QED) is 0.821. The van der Waals surface area contributed by atoms with Crippen LogP contribution in [0.15, 0.2) is 30.0 Å². The topological polar surface area (TPSA) is 54.0 Å². The maximum absolute atomic E-state index is 11.4. The Balaban J connectivity index is 2.52. The van der Waals surface area contributed by atoms with Crippen molar-refractivity contribution in [3.8, 4) is 0 Å². The molecule has 0 spiro atoms. The van der Waals surface area contributed by atoms with Gasteiger partial charge in [-0.05, 0) is 32.4 Å². The largest absolute Gasteiger partial charge is 0.324 e. The van der Waals surface area contributed by atoms with Crippen molar-refractivity contribution in [3.05, 3.63) is 35.7 Å². The highest BCUT2D eigenvalue weighted by Gasteiger charge is 2.00. The number of aromatic nitrogens is 1. The van der Waals surface area contributed by atoms with Crippen molar-refractivity contribution in [1.29, 1.82) is 0 Å². The van der Waals surface area contributed by atoms with Crippen LogP contribution < -0.4 is 10.6 Å². The summed E-state index contributed by atoms with van der Waals surface area (Å²) in [6.07, 6.45) is 2.62. The zero-order valence-electron chi connectivity index (χ0n) is 9.87. The lowest BCUT2D eigenvalue weighted by atomic mass is 10.3. The lowest BCUT2D eigenvalue weighted by Crippen LogP contribution is -2.24. The Morgan fingerprint density at radius 3 is 2.88 bits per heavy atom. The van der Waals surface area contributed by atoms with E-state index < -0.39 is 0 Å². The molecule has 0 atom stereocenters. The van der Waals surface area contributed by atoms with Gasteiger partial charge >= 0.3 is 6.03 Å². The van der Waals surface area contributed by atoms with Crippen LogP contribution >= 0.6 is 0 Å². The Labute approximate surface area is 95.8 Å². The van der Waals surface area contributed by atoms with E-state index in [-0.39, 0.29) is 6.03 Å². The van der Waals surface area contributed by atoms with Crippen molar-refractivity contribution in [2.45, 2.75) is 27.2 Å². The summed E-state index contributed by atoms with van der Waals surface area (Å²) in [7, 11) is 0. The Hall–Kier alpha value is -1.84. The molecule has 0 aliphatic rings. The van der Waals surface area contributed by atoms with Crippen LogP contribution in [0.2, 0.25) is 0 Å². The summed E-state index contributed by atoms with van der Waals surface area (Å²) in [5.41, 5.74) is 1.99. The third-order valence-electron chi connectivity index (χ3n) is 2.14. The molecule has 1 aromatic rings. The van der Waals surface area contributed by atoms with E-state index in [1.807, 2.05) is 32.9 Å². The van der Waals surface area contributed by atoms with Gasteiger partial charge in [0.05, 0.1) is 0 Å². The van der Waals surface area contributed by atoms with Crippen LogP contribution in [-0.2, 0) is 0 Å². The summed E-state index contributed by atoms with van der Waals surface area (Å²) in [6, 6.07) is 5.21. The minimum Gasteiger partial charge on any atom is -0.314 e. The fraction of sp³-hybridized carbons (Fsp3) is 0.333. The van der Waals surface area contributed by atoms with Crippen LogP contribution in [0.25, 0.3) is 0 Å². The van der Waals surface area contributed by atoms with Gasteiger partial charge in [0, 0.05) is 11.9 Å². The van der Waals surface area contributed by atoms with Crippen molar-refractivity contribution < 1.29 is 4.79 Å². The molecule has 2 amide bonds. The first kappa shape index (κ1) is 12.2. The maximum Gasteiger partial charge on any atom is 0.324 e. The molecule has 4 heteroatoms. The van der Waals surface area contributed by atoms with Crippen molar-refractivity contribution in [3.63, 3.8) is 0 Å². The average Bonchev–Trinajstić information content (AvgIpc) is 2.26. The predicted octanol–water partition coefficient (Wildman–Crippen LogP) is 2.83. The first-order valence-electron chi connectivity index (χ1n) is 5.28. The number of anilines is 1. The van der Waals surface area contributed by atoms with E-state index in [4.69, 9.17) is 0 Å². The number of urea groups is 1. The van der Waals surface area contributed by atoms with E-state index in [1.54, 1.807) is 12.3 Å². The molecular weight excluding hydrogens is 202 g/mol. The van der Waals surface area contributed by atoms with E-state index in [9.17, 15) is 4.79 Å². The summed E-state index contributed by atoms with van der Waals surface area (Å²) in [5, 5.41) is 5.31. The molecule has 0 saturated carbocycles. The highest BCUT2D eigenvalue weighted by Crippen LogP contribution is 2.03. The summed E-state index contributed by atoms with van der Waals surface area (Å²) in [5.74, 6) is 0.556. The lowest BCUT2D eigenvalue weighted by molar-refractivity contribution is 0.255. The third-order valence-corrected chi connectivity index (χ3v) is 2.14. The number of hydrogen-bond acceptors (Lipinski definition) is 2. The van der Waals surface area contributed by atoms with Crippen LogP contribution in [0.3, 0.4) is 0 Å². The van der Waals surface area contributed by atoms with Crippen molar-refractivity contribution >= 4 is 11.8 Å². The number of carbonyl (C=O) groups excluding carboxylic acids is 1. The maximum atomic E-state index is 11.4. The van der Waals surface area contributed by atoms with Gasteiger partial charge in [-0.1, -0.05) is 18.6 Å². The number of nitrogens with one attached hydrogen (secondary N) is 2. The van der Waals surface area contributed by atoms with Crippen molar-refractivity contribution in [2.75, 3.05) is 5.32 Å². The van der Waals surface area contributed by atoms with Gasteiger partial charge in [0.2, 0.25) is 0 Å². The van der Waals surface area contributed by atoms with Crippen LogP contribution in [0.1, 0.15) is 26.0 Å². The monoisotopic (exact) mass is 219 g/mol. The van der Waals surface area contributed by atoms with Crippen molar-refractivity contribution in [2.24, 2.45) is 0 Å². The molecule has 16 heavy (non-hydrogen) atoms. The van der Waals surface area contributed by atoms with Crippen LogP contribution in [-0.4, -0.2) is 11.0 Å². The average molecular weight is 219 g/mol. The first-order chi connectivity index (χ1) is 7.61. The number of aryl methyl sites for hydroxylation is 1. The summed E-state index contributed by atoms with van der Waals surface area (Å²) >= 11 is 0. The van der Waals surface area contributed by atoms with Crippen LogP contribution in [0.4, 0.5) is 10.6 Å². The van der Waals surface area contributed by atoms with Gasteiger partial charge in [-0.2, -0.15) is 0 Å². The third kappa shape index (κ3) is 4.13. The molecule has 2 N–H and O–H groups in total. The molecule has 0 fully saturated rings. The number of nitrogens with zero attached hydrogens (tertiary/aromatic N) is 1. The van der Waals surface area contributed by atoms with E-state index >= 15 is 0 Å². The molecule has 0 aliphatic heterocycles. The minimum atomic E-state index is -0.272. The van der Waals surface area contributed by atoms with Gasteiger partial charge in [0.15, 0.2) is 0 Å². The molecular formula is C12H17N3O. The molecule has 0 unspecified atom stereocenters. The molecule has 0 bridgehead atoms. The predicted molar refractivity (Wildman–Crippen MR) is 65.2 cm³/mol. The standard InChI is InChI=1S/C12H17N3O/c1-4-9(2)8-13-12(16)15-11-7-5-6-10(3)14-11/h5-8H,4H2,1-3H3,(H2,13,14,15,16)/b9-8+. The molecule has 1 aromatic heterocycles. The number of rotatable bonds is 3. The Morgan fingerprint density at radius 1 is 1.50 bits per heavy atom. The fourth-order valence-electron chi connectivity index (χ4n) is 1.06. The number of hydrogen-bond donors (Lipinski definition) is 2. The van der Waals surface area contributed by atoms with Gasteiger partial charge in [0.25, 0.3) is 0 Å². The van der Waals surface area contributed by atoms with Crippen LogP contribution in [0.5, 0.6) is 0 Å². The molecule has 1 rings (SSSR count). The van der Waals surface area contributed by atoms with Crippen molar-refractivity contribution in [1.82, 2.24) is 10.3 Å². The van der Waals surface area contributed by atoms with Gasteiger partial charge in [-0.3, -0.25) is 5.32 Å². The smallest absolute Gasteiger partial charge is 0.314 e. The Bertz CT molecular complexity index is 399. The molecule has 86 valence electrons. The first-order valence-corrected chi connectivity index (χ1v) is 5.28. The highest BCUT2D eigenvalue weighted by atomic mass is 16.2. The number of carbonyl (C=O) groups is 1. The van der Waals surface area contributed by atoms with E-state index in [1.165, 1.54) is 0 Å². The number of allylic oxidation sites excluding steroid dienone is 1. The number of amides is 2. The normalized spacial score (nSPS) is 11.1. The second-order valence-corrected chi connectivity index (χ2v) is 3.61. The SMILES string of the molecule is CC/C(C)=C/NC(=O)Nc1cccc(C)n1. The second-order valence-electron chi connectivity index (χ2n) is 3.61. The Kier molecular flexibility index (Phi) is 4.51. The van der Waals surface area contributed by atoms with Crippen LogP contribution in [0, 0.1) is 6.92 Å². The zero-order valence-corrected chi connectivity index (χ0v) is 9.87. The van der Waals surface area contributed by atoms with Gasteiger partial charge in [-0.15, -0.1) is 0 Å². The van der Waals surface area contributed by atoms with Gasteiger partial charge < -0.3 is 5.32 Å². The summed E-state index contributed by atoms with van der Waals surface area (Å²) in [6.45, 7) is 5.88. The molecule has 1 heterocycles. The fourth-order valence-corrected chi connectivity index (χ4v) is 1.06. The van der Waals surface area contributed by atoms with E-state index in [0.29, 0.717) is 5.82 Å². The summed E-state index contributed by atoms with van der Waals surface area (Å²) < 4.78 is 0. The molecule has 0 aliphatic carbocycles. The van der Waals surface area contributed by atoms with Gasteiger partial charge in [-0.25, -0.2) is 9.78 Å². The summed E-state index contributed by atoms with van der Waals surface area (Å²) in [4.78, 5) is 15.6. The molecule has 4 nitrogen and oxygen atoms in total. The second kappa shape index (κ2) is 5.90. The highest BCUT2D eigenvalue weighted by molar-refractivity contribution is 5.88. The molecule has 0 aromatic carbocycles. The zero-order chi connectivity index (χ0) is 12.0. The van der Waals surface area contributed by atoms with Gasteiger partial charge in [0.1, 0.15) is 5.82 Å². The van der Waals surface area contributed by atoms with E-state index in [2.05, 4.69) is 15.6 Å². The lowest BCUT2D eigenvalue weighted by Gasteiger charge is -2.04. The minimum absolute atomic E-state index is 0.272. The number of pyridine rings is 1. The molecule has 0 saturated heterocycles. The molecule has 0 radical (unpaired) electrons. The van der Waals surface area contributed by atoms with E-state index in [0.717, 1.165) is 17.7 Å².